The van der Waals surface area contributed by atoms with E-state index in [0.29, 0.717) is 18.8 Å². The highest BCUT2D eigenvalue weighted by molar-refractivity contribution is 5.97. The Morgan fingerprint density at radius 2 is 0.779 bits per heavy atom. The van der Waals surface area contributed by atoms with Crippen molar-refractivity contribution < 1.29 is 93.5 Å². The first-order valence-corrected chi connectivity index (χ1v) is 21.8. The van der Waals surface area contributed by atoms with Crippen molar-refractivity contribution in [3.8, 4) is 5.75 Å². The number of rotatable bonds is 36. The van der Waals surface area contributed by atoms with Gasteiger partial charge in [0.15, 0.2) is 5.78 Å². The number of hydrogen-bond acceptors (Lipinski definition) is 17. The lowest BCUT2D eigenvalue weighted by Gasteiger charge is -2.25. The van der Waals surface area contributed by atoms with Gasteiger partial charge in [0.1, 0.15) is 48.0 Å². The molecule has 0 aliphatic rings. The fourth-order valence-electron chi connectivity index (χ4n) is 6.01. The molecule has 68 heavy (non-hydrogen) atoms. The number of benzene rings is 1. The number of carboxylic acid groups (broad SMARTS) is 2. The molecule has 7 atom stereocenters. The van der Waals surface area contributed by atoms with Gasteiger partial charge in [-0.05, 0) is 50.5 Å². The number of ketones is 1. The maximum Gasteiger partial charge on any atom is 0.335 e. The number of carbonyl (C=O) groups excluding carboxylic acids is 8. The Labute approximate surface area is 391 Å². The highest BCUT2D eigenvalue weighted by atomic mass is 16.5. The summed E-state index contributed by atoms with van der Waals surface area (Å²) in [5.41, 5.74) is 0.181. The molecule has 0 unspecified atom stereocenters. The van der Waals surface area contributed by atoms with Crippen LogP contribution in [-0.4, -0.2) is 188 Å². The van der Waals surface area contributed by atoms with Crippen LogP contribution in [0.2, 0.25) is 0 Å². The summed E-state index contributed by atoms with van der Waals surface area (Å²) >= 11 is 0. The van der Waals surface area contributed by atoms with E-state index in [1.165, 1.54) is 12.1 Å². The Bertz CT molecular complexity index is 1820. The predicted octanol–water partition coefficient (Wildman–Crippen LogP) is -4.92. The molecule has 0 fully saturated rings. The third kappa shape index (κ3) is 22.9. The summed E-state index contributed by atoms with van der Waals surface area (Å²) in [6.07, 6.45) is 5.87. The number of carboxylic acids is 2. The van der Waals surface area contributed by atoms with E-state index >= 15 is 0 Å². The van der Waals surface area contributed by atoms with Crippen LogP contribution in [0.15, 0.2) is 24.3 Å². The normalized spacial score (nSPS) is 14.0. The summed E-state index contributed by atoms with van der Waals surface area (Å²) in [6, 6.07) is -5.70. The number of amides is 7. The number of aliphatic hydroxyl groups is 6. The highest BCUT2D eigenvalue weighted by Gasteiger charge is 2.33. The lowest BCUT2D eigenvalue weighted by Crippen LogP contribution is -2.61. The van der Waals surface area contributed by atoms with E-state index < -0.39 is 154 Å². The Kier molecular flexibility index (Phi) is 29.1. The molecule has 0 radical (unpaired) electrons. The second kappa shape index (κ2) is 33.2. The van der Waals surface area contributed by atoms with Gasteiger partial charge < -0.3 is 82.8 Å². The lowest BCUT2D eigenvalue weighted by atomic mass is 10.1. The third-order valence-electron chi connectivity index (χ3n) is 10.0. The van der Waals surface area contributed by atoms with Gasteiger partial charge in [-0.25, -0.2) is 9.59 Å². The van der Waals surface area contributed by atoms with Gasteiger partial charge in [0.05, 0.1) is 51.8 Å². The van der Waals surface area contributed by atoms with Gasteiger partial charge in [0.25, 0.3) is 0 Å². The molecule has 0 saturated heterocycles. The predicted molar refractivity (Wildman–Crippen MR) is 234 cm³/mol. The first-order chi connectivity index (χ1) is 32.3. The van der Waals surface area contributed by atoms with Crippen molar-refractivity contribution in [2.45, 2.75) is 120 Å². The second-order valence-electron chi connectivity index (χ2n) is 15.4. The van der Waals surface area contributed by atoms with E-state index in [0.717, 1.165) is 51.9 Å². The fourth-order valence-corrected chi connectivity index (χ4v) is 6.01. The first-order valence-electron chi connectivity index (χ1n) is 21.8. The van der Waals surface area contributed by atoms with Crippen molar-refractivity contribution in [1.29, 1.82) is 0 Å². The number of aliphatic carboxylic acids is 1. The van der Waals surface area contributed by atoms with E-state index in [4.69, 9.17) is 9.84 Å². The lowest BCUT2D eigenvalue weighted by molar-refractivity contribution is -0.142. The van der Waals surface area contributed by atoms with Gasteiger partial charge in [0.2, 0.25) is 41.4 Å². The van der Waals surface area contributed by atoms with Gasteiger partial charge in [-0.3, -0.25) is 38.4 Å². The summed E-state index contributed by atoms with van der Waals surface area (Å²) in [4.78, 5) is 123. The highest BCUT2D eigenvalue weighted by Crippen LogP contribution is 2.14. The number of unbranched alkanes of at least 4 members (excludes halogenated alkanes) is 7. The summed E-state index contributed by atoms with van der Waals surface area (Å²) in [6.45, 7) is -4.64. The molecule has 0 saturated carbocycles. The number of nitrogens with one attached hydrogen (secondary N) is 7. The van der Waals surface area contributed by atoms with Gasteiger partial charge in [0, 0.05) is 12.8 Å². The molecule has 0 aliphatic carbocycles. The minimum Gasteiger partial charge on any atom is -0.494 e. The van der Waals surface area contributed by atoms with Crippen molar-refractivity contribution in [3.05, 3.63) is 29.8 Å². The van der Waals surface area contributed by atoms with Crippen LogP contribution < -0.4 is 42.0 Å². The van der Waals surface area contributed by atoms with Crippen molar-refractivity contribution in [1.82, 2.24) is 37.2 Å². The average molecular weight is 972 g/mol. The molecular weight excluding hydrogens is 906 g/mol. The summed E-state index contributed by atoms with van der Waals surface area (Å²) in [7, 11) is 0. The molecule has 0 bridgehead atoms. The van der Waals surface area contributed by atoms with Crippen molar-refractivity contribution in [2.24, 2.45) is 0 Å². The van der Waals surface area contributed by atoms with Crippen LogP contribution in [0.25, 0.3) is 0 Å². The topological polar surface area (TPSA) is 426 Å². The van der Waals surface area contributed by atoms with Gasteiger partial charge >= 0.3 is 11.9 Å². The Morgan fingerprint density at radius 3 is 1.15 bits per heavy atom. The van der Waals surface area contributed by atoms with E-state index in [-0.39, 0.29) is 12.0 Å². The van der Waals surface area contributed by atoms with Gasteiger partial charge in [-0.1, -0.05) is 38.5 Å². The summed E-state index contributed by atoms with van der Waals surface area (Å²) < 4.78 is 5.62. The monoisotopic (exact) mass is 971 g/mol. The molecule has 7 amide bonds. The number of hydrogen-bond donors (Lipinski definition) is 15. The molecule has 382 valence electrons. The standard InChI is InChI=1S/C42H65N7O19/c1-24(56)28(18-50)45-37(60)30(20-52)47-39(62)32(22-54)49-40(63)33(23-55)48-38(61)31(21-53)46-36(59)29(19-51)44-35(58)16-15-27(42(66)67)43-34(57)10-8-6-4-2-3-5-7-9-17-68-26-13-11-25(12-14-26)41(64)65/h11-14,27-33,50-55H,2-10,15-23H2,1H3,(H,43,57)(H,44,58)(H,45,60)(H,46,59)(H,47,62)(H,48,61)(H,49,63)(H,64,65)(H,66,67)/t27-,28-,29-,30-,31-,32-,33-/m0/s1. The van der Waals surface area contributed by atoms with Gasteiger partial charge in [-0.15, -0.1) is 0 Å². The minimum absolute atomic E-state index is 0.0443. The van der Waals surface area contributed by atoms with Crippen molar-refractivity contribution in [3.63, 3.8) is 0 Å². The number of Topliss-reactive ketones (excluding diaryl/α,β-unsaturated/α-hetero) is 1. The van der Waals surface area contributed by atoms with Crippen LogP contribution in [0, 0.1) is 0 Å². The molecule has 1 rings (SSSR count). The van der Waals surface area contributed by atoms with E-state index in [1.54, 1.807) is 12.1 Å². The van der Waals surface area contributed by atoms with E-state index in [1.807, 2.05) is 21.3 Å². The molecule has 26 heteroatoms. The molecule has 1 aromatic carbocycles. The molecule has 1 aromatic rings. The zero-order valence-electron chi connectivity index (χ0n) is 37.6. The van der Waals surface area contributed by atoms with Crippen molar-refractivity contribution in [2.75, 3.05) is 46.2 Å². The molecule has 0 aromatic heterocycles. The van der Waals surface area contributed by atoms with Crippen LogP contribution in [0.1, 0.15) is 87.9 Å². The largest absolute Gasteiger partial charge is 0.494 e. The number of ether oxygens (including phenoxy) is 1. The SMILES string of the molecule is CC(=O)[C@H](CO)NC(=O)[C@H](CO)NC(=O)[C@H](CO)NC(=O)[C@H](CO)NC(=O)[C@H](CO)NC(=O)[C@H](CO)NC(=O)CC[C@H](NC(=O)CCCCCCCCCCOc1ccc(C(=O)O)cc1)C(=O)O. The number of carbonyl (C=O) groups is 10. The zero-order valence-corrected chi connectivity index (χ0v) is 37.6. The maximum absolute atomic E-state index is 12.9. The van der Waals surface area contributed by atoms with Crippen LogP contribution in [-0.2, 0) is 43.2 Å². The number of aliphatic hydroxyl groups excluding tert-OH is 6. The van der Waals surface area contributed by atoms with Gasteiger partial charge in [-0.2, -0.15) is 0 Å². The minimum atomic E-state index is -1.88. The molecular formula is C42H65N7O19. The maximum atomic E-state index is 12.9. The second-order valence-corrected chi connectivity index (χ2v) is 15.4. The summed E-state index contributed by atoms with van der Waals surface area (Å²) in [5.74, 6) is -10.1. The molecule has 0 aliphatic heterocycles. The fraction of sp³-hybridized carbons (Fsp3) is 0.619. The Hall–Kier alpha value is -6.32. The smallest absolute Gasteiger partial charge is 0.335 e. The Balaban J connectivity index is 2.53. The average Bonchev–Trinajstić information content (AvgIpc) is 3.31. The zero-order chi connectivity index (χ0) is 51.2. The van der Waals surface area contributed by atoms with Crippen LogP contribution in [0.3, 0.4) is 0 Å². The van der Waals surface area contributed by atoms with Crippen LogP contribution in [0.5, 0.6) is 5.75 Å². The quantitative estimate of drug-likeness (QED) is 0.0280. The van der Waals surface area contributed by atoms with Crippen LogP contribution >= 0.6 is 0 Å². The van der Waals surface area contributed by atoms with Crippen LogP contribution in [0.4, 0.5) is 0 Å². The van der Waals surface area contributed by atoms with Crippen molar-refractivity contribution >= 4 is 59.1 Å². The number of aromatic carboxylic acids is 1. The summed E-state index contributed by atoms with van der Waals surface area (Å²) in [5, 5.41) is 91.0. The third-order valence-corrected chi connectivity index (χ3v) is 10.0. The van der Waals surface area contributed by atoms with E-state index in [9.17, 15) is 83.7 Å². The molecule has 0 heterocycles. The first kappa shape index (κ1) is 59.7. The van der Waals surface area contributed by atoms with E-state index in [2.05, 4.69) is 16.0 Å². The molecule has 0 spiro atoms. The Morgan fingerprint density at radius 1 is 0.441 bits per heavy atom. The molecule has 15 N–H and O–H groups in total. The molecule has 26 nitrogen and oxygen atoms in total.